The van der Waals surface area contributed by atoms with Crippen molar-refractivity contribution in [2.75, 3.05) is 77.1 Å². The van der Waals surface area contributed by atoms with Crippen LogP contribution in [0.25, 0.3) is 0 Å². The summed E-state index contributed by atoms with van der Waals surface area (Å²) in [5.41, 5.74) is 5.01. The first kappa shape index (κ1) is 28.2. The van der Waals surface area contributed by atoms with Crippen molar-refractivity contribution in [3.63, 3.8) is 0 Å². The van der Waals surface area contributed by atoms with E-state index in [-0.39, 0.29) is 12.8 Å². The number of anilines is 4. The molecule has 0 bridgehead atoms. The highest BCUT2D eigenvalue weighted by Crippen LogP contribution is 2.38. The van der Waals surface area contributed by atoms with Crippen LogP contribution in [-0.2, 0) is 19.1 Å². The molecule has 0 fully saturated rings. The van der Waals surface area contributed by atoms with Crippen molar-refractivity contribution in [2.24, 2.45) is 0 Å². The highest BCUT2D eigenvalue weighted by molar-refractivity contribution is 5.96. The molecule has 2 aromatic rings. The second-order valence-corrected chi connectivity index (χ2v) is 9.06. The van der Waals surface area contributed by atoms with Crippen molar-refractivity contribution in [3.8, 4) is 11.5 Å². The summed E-state index contributed by atoms with van der Waals surface area (Å²) in [6, 6.07) is 11.4. The number of hydrogen-bond acceptors (Lipinski definition) is 10. The summed E-state index contributed by atoms with van der Waals surface area (Å²) in [5.74, 6) is 0.168. The zero-order valence-electron chi connectivity index (χ0n) is 23.2. The van der Waals surface area contributed by atoms with E-state index in [1.165, 1.54) is 14.2 Å². The van der Waals surface area contributed by atoms with Crippen LogP contribution >= 0.6 is 0 Å². The number of benzene rings is 2. The van der Waals surface area contributed by atoms with Gasteiger partial charge in [-0.05, 0) is 24.3 Å². The Labute approximate surface area is 223 Å². The molecule has 0 radical (unpaired) electrons. The van der Waals surface area contributed by atoms with Crippen LogP contribution in [0, 0.1) is 0 Å². The van der Waals surface area contributed by atoms with Crippen molar-refractivity contribution in [1.29, 1.82) is 0 Å². The molecule has 2 aromatic carbocycles. The molecule has 0 aliphatic heterocycles. The van der Waals surface area contributed by atoms with E-state index in [9.17, 15) is 9.59 Å². The Morgan fingerprint density at radius 3 is 1.32 bits per heavy atom. The summed E-state index contributed by atoms with van der Waals surface area (Å²) >= 11 is 0. The molecule has 0 saturated carbocycles. The van der Waals surface area contributed by atoms with Gasteiger partial charge >= 0.3 is 11.9 Å². The molecule has 0 atom stereocenters. The van der Waals surface area contributed by atoms with Crippen LogP contribution in [0.4, 0.5) is 22.7 Å². The SMILES string of the molecule is COC(=O)C1=C(Nc2ccc(N(C)C)cc2OC)CC(C(=O)OC)=C(Nc2ccc(N(C)C)cc2OC)C1. The number of hydrogen-bond donors (Lipinski definition) is 2. The Kier molecular flexibility index (Phi) is 9.11. The van der Waals surface area contributed by atoms with E-state index in [1.54, 1.807) is 14.2 Å². The molecule has 204 valence electrons. The lowest BCUT2D eigenvalue weighted by Gasteiger charge is -2.27. The Hall–Kier alpha value is -4.34. The molecule has 0 heterocycles. The number of esters is 2. The Balaban J connectivity index is 2.04. The normalized spacial score (nSPS) is 13.1. The van der Waals surface area contributed by atoms with Crippen LogP contribution < -0.4 is 29.9 Å². The average molecular weight is 525 g/mol. The molecule has 3 rings (SSSR count). The molecule has 1 aliphatic carbocycles. The van der Waals surface area contributed by atoms with Gasteiger partial charge in [0, 0.05) is 75.9 Å². The van der Waals surface area contributed by atoms with Crippen molar-refractivity contribution in [3.05, 3.63) is 58.9 Å². The van der Waals surface area contributed by atoms with Gasteiger partial charge in [-0.15, -0.1) is 0 Å². The number of nitrogens with zero attached hydrogens (tertiary/aromatic N) is 2. The second-order valence-electron chi connectivity index (χ2n) is 9.06. The van der Waals surface area contributed by atoms with Gasteiger partial charge in [-0.3, -0.25) is 0 Å². The number of methoxy groups -OCH3 is 4. The third kappa shape index (κ3) is 6.13. The molecule has 0 aromatic heterocycles. The number of carbonyl (C=O) groups excluding carboxylic acids is 2. The zero-order chi connectivity index (χ0) is 28.0. The lowest BCUT2D eigenvalue weighted by Crippen LogP contribution is -2.24. The van der Waals surface area contributed by atoms with Gasteiger partial charge in [0.1, 0.15) is 11.5 Å². The van der Waals surface area contributed by atoms with E-state index in [2.05, 4.69) is 10.6 Å². The third-order valence-corrected chi connectivity index (χ3v) is 6.27. The lowest BCUT2D eigenvalue weighted by molar-refractivity contribution is -0.137. The molecule has 1 aliphatic rings. The van der Waals surface area contributed by atoms with Gasteiger partial charge in [0.05, 0.1) is 51.0 Å². The minimum Gasteiger partial charge on any atom is -0.494 e. The standard InChI is InChI=1S/C28H36N4O6/c1-31(2)17-9-11-21(25(13-17)35-5)29-23-15-20(28(34)38-8)24(16-19(23)27(33)37-7)30-22-12-10-18(32(3)4)14-26(22)36-6/h9-14,29-30H,15-16H2,1-8H3. The van der Waals surface area contributed by atoms with Crippen LogP contribution in [0.5, 0.6) is 11.5 Å². The molecule has 2 N–H and O–H groups in total. The van der Waals surface area contributed by atoms with Crippen molar-refractivity contribution >= 4 is 34.7 Å². The number of ether oxygens (including phenoxy) is 4. The summed E-state index contributed by atoms with van der Waals surface area (Å²) in [7, 11) is 13.6. The van der Waals surface area contributed by atoms with Crippen LogP contribution in [0.3, 0.4) is 0 Å². The number of allylic oxidation sites excluding steroid dienone is 2. The van der Waals surface area contributed by atoms with Crippen molar-refractivity contribution in [2.45, 2.75) is 12.8 Å². The molecule has 10 nitrogen and oxygen atoms in total. The Morgan fingerprint density at radius 2 is 1.03 bits per heavy atom. The van der Waals surface area contributed by atoms with E-state index in [1.807, 2.05) is 74.4 Å². The first-order chi connectivity index (χ1) is 18.1. The van der Waals surface area contributed by atoms with Crippen molar-refractivity contribution in [1.82, 2.24) is 0 Å². The predicted octanol–water partition coefficient (Wildman–Crippen LogP) is 4.01. The maximum atomic E-state index is 12.9. The fraction of sp³-hybridized carbons (Fsp3) is 0.357. The predicted molar refractivity (Wildman–Crippen MR) is 149 cm³/mol. The van der Waals surface area contributed by atoms with E-state index in [4.69, 9.17) is 18.9 Å². The molecular formula is C28H36N4O6. The van der Waals surface area contributed by atoms with Gasteiger partial charge in [0.2, 0.25) is 0 Å². The number of carbonyl (C=O) groups is 2. The first-order valence-corrected chi connectivity index (χ1v) is 12.0. The second kappa shape index (κ2) is 12.3. The monoisotopic (exact) mass is 524 g/mol. The molecule has 0 amide bonds. The minimum absolute atomic E-state index is 0.107. The minimum atomic E-state index is -0.505. The van der Waals surface area contributed by atoms with E-state index in [0.717, 1.165) is 11.4 Å². The molecule has 0 unspecified atom stereocenters. The smallest absolute Gasteiger partial charge is 0.335 e. The van der Waals surface area contributed by atoms with Crippen molar-refractivity contribution < 1.29 is 28.5 Å². The maximum absolute atomic E-state index is 12.9. The molecule has 0 spiro atoms. The summed E-state index contributed by atoms with van der Waals surface area (Å²) in [6.07, 6.45) is 0.215. The Bertz CT molecular complexity index is 1170. The van der Waals surface area contributed by atoms with E-state index >= 15 is 0 Å². The van der Waals surface area contributed by atoms with E-state index in [0.29, 0.717) is 45.4 Å². The summed E-state index contributed by atoms with van der Waals surface area (Å²) in [6.45, 7) is 0. The summed E-state index contributed by atoms with van der Waals surface area (Å²) in [4.78, 5) is 29.7. The summed E-state index contributed by atoms with van der Waals surface area (Å²) in [5, 5.41) is 6.61. The topological polar surface area (TPSA) is 102 Å². The fourth-order valence-electron chi connectivity index (χ4n) is 4.10. The largest absolute Gasteiger partial charge is 0.494 e. The third-order valence-electron chi connectivity index (χ3n) is 6.27. The summed E-state index contributed by atoms with van der Waals surface area (Å²) < 4.78 is 21.4. The molecular weight excluding hydrogens is 488 g/mol. The maximum Gasteiger partial charge on any atom is 0.335 e. The highest BCUT2D eigenvalue weighted by Gasteiger charge is 2.30. The zero-order valence-corrected chi connectivity index (χ0v) is 23.2. The quantitative estimate of drug-likeness (QED) is 0.443. The number of nitrogens with one attached hydrogen (secondary N) is 2. The van der Waals surface area contributed by atoms with Gasteiger partial charge in [0.25, 0.3) is 0 Å². The van der Waals surface area contributed by atoms with Gasteiger partial charge in [-0.2, -0.15) is 0 Å². The van der Waals surface area contributed by atoms with Gasteiger partial charge in [-0.1, -0.05) is 0 Å². The van der Waals surface area contributed by atoms with Gasteiger partial charge in [0.15, 0.2) is 0 Å². The molecule has 10 heteroatoms. The van der Waals surface area contributed by atoms with Gasteiger partial charge in [-0.25, -0.2) is 9.59 Å². The molecule has 0 saturated heterocycles. The fourth-order valence-corrected chi connectivity index (χ4v) is 4.10. The van der Waals surface area contributed by atoms with Crippen LogP contribution in [0.2, 0.25) is 0 Å². The lowest BCUT2D eigenvalue weighted by atomic mass is 9.92. The van der Waals surface area contributed by atoms with Crippen LogP contribution in [-0.4, -0.2) is 68.6 Å². The van der Waals surface area contributed by atoms with Gasteiger partial charge < -0.3 is 39.4 Å². The van der Waals surface area contributed by atoms with E-state index < -0.39 is 11.9 Å². The Morgan fingerprint density at radius 1 is 0.658 bits per heavy atom. The van der Waals surface area contributed by atoms with Crippen LogP contribution in [0.15, 0.2) is 58.9 Å². The average Bonchev–Trinajstić information content (AvgIpc) is 2.92. The first-order valence-electron chi connectivity index (χ1n) is 12.0. The highest BCUT2D eigenvalue weighted by atomic mass is 16.5. The molecule has 38 heavy (non-hydrogen) atoms. The van der Waals surface area contributed by atoms with Crippen LogP contribution in [0.1, 0.15) is 12.8 Å². The number of rotatable bonds is 10.